The highest BCUT2D eigenvalue weighted by molar-refractivity contribution is 14.0. The van der Waals surface area contributed by atoms with E-state index in [0.717, 1.165) is 31.7 Å². The SMILES string of the molecule is COc1ccc(NC(N)=NCC2CCCOC2)cc1OC.I. The first-order valence-corrected chi connectivity index (χ1v) is 7.09. The average molecular weight is 421 g/mol. The fourth-order valence-electron chi connectivity index (χ4n) is 2.28. The summed E-state index contributed by atoms with van der Waals surface area (Å²) >= 11 is 0. The average Bonchev–Trinajstić information content (AvgIpc) is 2.53. The molecule has 1 saturated heterocycles. The number of hydrogen-bond acceptors (Lipinski definition) is 4. The highest BCUT2D eigenvalue weighted by Crippen LogP contribution is 2.29. The van der Waals surface area contributed by atoms with Gasteiger partial charge in [-0.15, -0.1) is 24.0 Å². The van der Waals surface area contributed by atoms with Gasteiger partial charge in [-0.25, -0.2) is 0 Å². The number of nitrogens with zero attached hydrogens (tertiary/aromatic N) is 1. The molecule has 0 aromatic heterocycles. The third kappa shape index (κ3) is 5.53. The Labute approximate surface area is 148 Å². The Balaban J connectivity index is 0.00000242. The molecule has 1 aromatic carbocycles. The van der Waals surface area contributed by atoms with Crippen LogP contribution < -0.4 is 20.5 Å². The summed E-state index contributed by atoms with van der Waals surface area (Å²) in [6.45, 7) is 2.32. The van der Waals surface area contributed by atoms with E-state index >= 15 is 0 Å². The summed E-state index contributed by atoms with van der Waals surface area (Å²) in [5.41, 5.74) is 6.72. The minimum atomic E-state index is 0. The summed E-state index contributed by atoms with van der Waals surface area (Å²) < 4.78 is 15.9. The van der Waals surface area contributed by atoms with Gasteiger partial charge in [-0.05, 0) is 25.0 Å². The van der Waals surface area contributed by atoms with Gasteiger partial charge in [0, 0.05) is 30.8 Å². The van der Waals surface area contributed by atoms with Crippen molar-refractivity contribution in [3.8, 4) is 11.5 Å². The van der Waals surface area contributed by atoms with Crippen LogP contribution in [0.2, 0.25) is 0 Å². The topological polar surface area (TPSA) is 78.1 Å². The Bertz CT molecular complexity index is 491. The zero-order valence-electron chi connectivity index (χ0n) is 13.0. The number of halogens is 1. The standard InChI is InChI=1S/C15H23N3O3.HI/c1-19-13-6-5-12(8-14(13)20-2)18-15(16)17-9-11-4-3-7-21-10-11;/h5-6,8,11H,3-4,7,9-10H2,1-2H3,(H3,16,17,18);1H. The minimum Gasteiger partial charge on any atom is -0.493 e. The maximum Gasteiger partial charge on any atom is 0.193 e. The molecule has 1 atom stereocenters. The smallest absolute Gasteiger partial charge is 0.193 e. The van der Waals surface area contributed by atoms with Gasteiger partial charge in [0.05, 0.1) is 20.8 Å². The second kappa shape index (κ2) is 9.73. The van der Waals surface area contributed by atoms with Crippen molar-refractivity contribution in [1.82, 2.24) is 0 Å². The van der Waals surface area contributed by atoms with E-state index in [1.807, 2.05) is 18.2 Å². The Kier molecular flexibility index (Phi) is 8.32. The van der Waals surface area contributed by atoms with Crippen LogP contribution in [0.4, 0.5) is 5.69 Å². The molecule has 0 bridgehead atoms. The number of guanidine groups is 1. The van der Waals surface area contributed by atoms with E-state index in [-0.39, 0.29) is 24.0 Å². The van der Waals surface area contributed by atoms with Crippen molar-refractivity contribution in [2.75, 3.05) is 39.3 Å². The van der Waals surface area contributed by atoms with Crippen molar-refractivity contribution < 1.29 is 14.2 Å². The molecule has 6 nitrogen and oxygen atoms in total. The molecule has 2 rings (SSSR count). The van der Waals surface area contributed by atoms with Crippen molar-refractivity contribution in [3.63, 3.8) is 0 Å². The molecule has 22 heavy (non-hydrogen) atoms. The van der Waals surface area contributed by atoms with Gasteiger partial charge >= 0.3 is 0 Å². The molecule has 0 radical (unpaired) electrons. The molecule has 0 amide bonds. The van der Waals surface area contributed by atoms with Crippen LogP contribution in [-0.2, 0) is 4.74 Å². The van der Waals surface area contributed by atoms with Gasteiger partial charge in [-0.2, -0.15) is 0 Å². The lowest BCUT2D eigenvalue weighted by Gasteiger charge is -2.20. The molecule has 0 spiro atoms. The molecule has 1 fully saturated rings. The van der Waals surface area contributed by atoms with Crippen molar-refractivity contribution in [3.05, 3.63) is 18.2 Å². The second-order valence-electron chi connectivity index (χ2n) is 5.00. The second-order valence-corrected chi connectivity index (χ2v) is 5.00. The Morgan fingerprint density at radius 2 is 2.14 bits per heavy atom. The molecule has 7 heteroatoms. The first kappa shape index (κ1) is 18.8. The molecule has 124 valence electrons. The van der Waals surface area contributed by atoms with Crippen LogP contribution in [0.5, 0.6) is 11.5 Å². The lowest BCUT2D eigenvalue weighted by atomic mass is 10.0. The zero-order chi connectivity index (χ0) is 15.1. The van der Waals surface area contributed by atoms with E-state index in [1.165, 1.54) is 0 Å². The minimum absolute atomic E-state index is 0. The molecule has 1 aromatic rings. The maximum absolute atomic E-state index is 5.91. The first-order valence-electron chi connectivity index (χ1n) is 7.09. The number of nitrogens with one attached hydrogen (secondary N) is 1. The molecule has 0 saturated carbocycles. The van der Waals surface area contributed by atoms with Gasteiger partial charge in [0.25, 0.3) is 0 Å². The summed E-state index contributed by atoms with van der Waals surface area (Å²) in [5.74, 6) is 2.19. The van der Waals surface area contributed by atoms with Crippen LogP contribution in [0.25, 0.3) is 0 Å². The quantitative estimate of drug-likeness (QED) is 0.434. The molecule has 1 heterocycles. The summed E-state index contributed by atoms with van der Waals surface area (Å²) in [6, 6.07) is 5.52. The number of aliphatic imine (C=N–C) groups is 1. The molecule has 1 unspecified atom stereocenters. The van der Waals surface area contributed by atoms with Gasteiger partial charge in [0.15, 0.2) is 17.5 Å². The van der Waals surface area contributed by atoms with E-state index in [0.29, 0.717) is 29.9 Å². The highest BCUT2D eigenvalue weighted by atomic mass is 127. The van der Waals surface area contributed by atoms with E-state index in [9.17, 15) is 0 Å². The van der Waals surface area contributed by atoms with Gasteiger partial charge in [-0.1, -0.05) is 0 Å². The van der Waals surface area contributed by atoms with Crippen LogP contribution in [-0.4, -0.2) is 39.9 Å². The van der Waals surface area contributed by atoms with E-state index < -0.39 is 0 Å². The Morgan fingerprint density at radius 3 is 2.77 bits per heavy atom. The monoisotopic (exact) mass is 421 g/mol. The van der Waals surface area contributed by atoms with Gasteiger partial charge in [0.2, 0.25) is 0 Å². The summed E-state index contributed by atoms with van der Waals surface area (Å²) in [4.78, 5) is 4.37. The van der Waals surface area contributed by atoms with Gasteiger partial charge < -0.3 is 25.3 Å². The largest absolute Gasteiger partial charge is 0.493 e. The highest BCUT2D eigenvalue weighted by Gasteiger charge is 2.13. The summed E-state index contributed by atoms with van der Waals surface area (Å²) in [7, 11) is 3.20. The fraction of sp³-hybridized carbons (Fsp3) is 0.533. The van der Waals surface area contributed by atoms with E-state index in [1.54, 1.807) is 14.2 Å². The third-order valence-corrected chi connectivity index (χ3v) is 3.43. The van der Waals surface area contributed by atoms with Crippen molar-refractivity contribution in [2.24, 2.45) is 16.6 Å². The molecule has 0 aliphatic carbocycles. The van der Waals surface area contributed by atoms with Crippen LogP contribution in [0.1, 0.15) is 12.8 Å². The first-order chi connectivity index (χ1) is 10.2. The van der Waals surface area contributed by atoms with Crippen LogP contribution >= 0.6 is 24.0 Å². The van der Waals surface area contributed by atoms with Crippen LogP contribution in [0.15, 0.2) is 23.2 Å². The molecular weight excluding hydrogens is 397 g/mol. The number of nitrogens with two attached hydrogens (primary N) is 1. The van der Waals surface area contributed by atoms with Crippen LogP contribution in [0.3, 0.4) is 0 Å². The van der Waals surface area contributed by atoms with Crippen molar-refractivity contribution in [2.45, 2.75) is 12.8 Å². The number of ether oxygens (including phenoxy) is 3. The zero-order valence-corrected chi connectivity index (χ0v) is 15.3. The maximum atomic E-state index is 5.91. The van der Waals surface area contributed by atoms with Crippen LogP contribution in [0, 0.1) is 5.92 Å². The number of hydrogen-bond donors (Lipinski definition) is 2. The van der Waals surface area contributed by atoms with E-state index in [4.69, 9.17) is 19.9 Å². The lowest BCUT2D eigenvalue weighted by Crippen LogP contribution is -2.26. The molecule has 1 aliphatic heterocycles. The van der Waals surface area contributed by atoms with Crippen molar-refractivity contribution in [1.29, 1.82) is 0 Å². The fourth-order valence-corrected chi connectivity index (χ4v) is 2.28. The Hall–Kier alpha value is -1.22. The summed E-state index contributed by atoms with van der Waals surface area (Å²) in [6.07, 6.45) is 2.25. The number of benzene rings is 1. The number of anilines is 1. The number of methoxy groups -OCH3 is 2. The lowest BCUT2D eigenvalue weighted by molar-refractivity contribution is 0.0582. The Morgan fingerprint density at radius 1 is 1.36 bits per heavy atom. The molecule has 1 aliphatic rings. The predicted molar refractivity (Wildman–Crippen MR) is 98.6 cm³/mol. The normalized spacial score (nSPS) is 18.3. The van der Waals surface area contributed by atoms with Gasteiger partial charge in [-0.3, -0.25) is 4.99 Å². The number of rotatable bonds is 5. The van der Waals surface area contributed by atoms with E-state index in [2.05, 4.69) is 10.3 Å². The third-order valence-electron chi connectivity index (χ3n) is 3.43. The predicted octanol–water partition coefficient (Wildman–Crippen LogP) is 2.48. The molecular formula is C15H24IN3O3. The molecule has 3 N–H and O–H groups in total. The van der Waals surface area contributed by atoms with Gasteiger partial charge in [0.1, 0.15) is 0 Å². The van der Waals surface area contributed by atoms with Crippen molar-refractivity contribution >= 4 is 35.6 Å². The summed E-state index contributed by atoms with van der Waals surface area (Å²) in [5, 5.41) is 3.06.